The van der Waals surface area contributed by atoms with Crippen LogP contribution < -0.4 is 14.8 Å². The van der Waals surface area contributed by atoms with Gasteiger partial charge >= 0.3 is 0 Å². The summed E-state index contributed by atoms with van der Waals surface area (Å²) in [5.41, 5.74) is 0.289. The minimum atomic E-state index is -3.49. The summed E-state index contributed by atoms with van der Waals surface area (Å²) in [5, 5.41) is 2.46. The number of hydrogen-bond acceptors (Lipinski definition) is 4. The molecular formula is C16H16F2N2O4S. The Bertz CT molecular complexity index is 881. The first kappa shape index (κ1) is 18.7. The third-order valence-electron chi connectivity index (χ3n) is 3.23. The number of hydrogen-bond donors (Lipinski definition) is 2. The van der Waals surface area contributed by atoms with Crippen molar-refractivity contribution in [2.24, 2.45) is 0 Å². The molecule has 9 heteroatoms. The quantitative estimate of drug-likeness (QED) is 0.819. The minimum absolute atomic E-state index is 0.111. The average molecular weight is 370 g/mol. The van der Waals surface area contributed by atoms with Crippen molar-refractivity contribution in [2.45, 2.75) is 6.92 Å². The molecular weight excluding hydrogens is 354 g/mol. The van der Waals surface area contributed by atoms with Crippen LogP contribution in [0.4, 0.5) is 20.2 Å². The summed E-state index contributed by atoms with van der Waals surface area (Å²) in [6.45, 7) is 1.49. The highest BCUT2D eigenvalue weighted by Crippen LogP contribution is 2.29. The smallest absolute Gasteiger partial charge is 0.255 e. The first-order valence-electron chi connectivity index (χ1n) is 7.20. The molecule has 2 aromatic rings. The molecule has 0 bridgehead atoms. The molecule has 0 fully saturated rings. The molecule has 0 aliphatic carbocycles. The van der Waals surface area contributed by atoms with Gasteiger partial charge in [0.15, 0.2) is 0 Å². The van der Waals surface area contributed by atoms with Crippen LogP contribution in [-0.4, -0.2) is 27.2 Å². The predicted molar refractivity (Wildman–Crippen MR) is 90.4 cm³/mol. The highest BCUT2D eigenvalue weighted by Gasteiger charge is 2.14. The molecule has 25 heavy (non-hydrogen) atoms. The van der Waals surface area contributed by atoms with E-state index < -0.39 is 27.6 Å². The molecule has 2 N–H and O–H groups in total. The lowest BCUT2D eigenvalue weighted by Crippen LogP contribution is -2.16. The van der Waals surface area contributed by atoms with Gasteiger partial charge in [-0.05, 0) is 31.2 Å². The highest BCUT2D eigenvalue weighted by molar-refractivity contribution is 7.92. The maximum absolute atomic E-state index is 13.2. The third-order valence-corrected chi connectivity index (χ3v) is 4.52. The van der Waals surface area contributed by atoms with Gasteiger partial charge in [0.25, 0.3) is 5.91 Å². The van der Waals surface area contributed by atoms with Gasteiger partial charge in [-0.15, -0.1) is 0 Å². The van der Waals surface area contributed by atoms with Gasteiger partial charge in [-0.3, -0.25) is 9.52 Å². The number of halogens is 2. The molecule has 0 heterocycles. The lowest BCUT2D eigenvalue weighted by molar-refractivity contribution is 0.102. The van der Waals surface area contributed by atoms with Crippen molar-refractivity contribution in [2.75, 3.05) is 22.9 Å². The maximum atomic E-state index is 13.2. The van der Waals surface area contributed by atoms with Crippen LogP contribution >= 0.6 is 0 Å². The summed E-state index contributed by atoms with van der Waals surface area (Å²) in [7, 11) is -2.15. The summed E-state index contributed by atoms with van der Waals surface area (Å²) < 4.78 is 57.1. The molecule has 2 rings (SSSR count). The van der Waals surface area contributed by atoms with Gasteiger partial charge in [0.2, 0.25) is 10.0 Å². The Labute approximate surface area is 143 Å². The van der Waals surface area contributed by atoms with Crippen molar-refractivity contribution in [1.82, 2.24) is 0 Å². The summed E-state index contributed by atoms with van der Waals surface area (Å²) >= 11 is 0. The number of ether oxygens (including phenoxy) is 1. The maximum Gasteiger partial charge on any atom is 0.255 e. The van der Waals surface area contributed by atoms with Gasteiger partial charge in [0, 0.05) is 23.4 Å². The van der Waals surface area contributed by atoms with Crippen molar-refractivity contribution in [1.29, 1.82) is 0 Å². The Morgan fingerprint density at radius 3 is 2.32 bits per heavy atom. The van der Waals surface area contributed by atoms with Gasteiger partial charge in [-0.2, -0.15) is 0 Å². The average Bonchev–Trinajstić information content (AvgIpc) is 2.55. The van der Waals surface area contributed by atoms with Gasteiger partial charge in [-0.25, -0.2) is 17.2 Å². The molecule has 0 saturated heterocycles. The van der Waals surface area contributed by atoms with Crippen molar-refractivity contribution in [3.63, 3.8) is 0 Å². The SMILES string of the molecule is CCS(=O)(=O)Nc1ccc(NC(=O)c2cc(F)cc(F)c2)cc1OC. The Kier molecular flexibility index (Phi) is 5.58. The van der Waals surface area contributed by atoms with E-state index in [0.29, 0.717) is 6.07 Å². The number of amides is 1. The third kappa shape index (κ3) is 4.90. The largest absolute Gasteiger partial charge is 0.494 e. The molecule has 1 amide bonds. The van der Waals surface area contributed by atoms with E-state index in [0.717, 1.165) is 12.1 Å². The van der Waals surface area contributed by atoms with Gasteiger partial charge < -0.3 is 10.1 Å². The van der Waals surface area contributed by atoms with E-state index in [4.69, 9.17) is 4.74 Å². The monoisotopic (exact) mass is 370 g/mol. The van der Waals surface area contributed by atoms with Crippen LogP contribution in [0.1, 0.15) is 17.3 Å². The van der Waals surface area contributed by atoms with Crippen LogP contribution in [0.15, 0.2) is 36.4 Å². The number of carbonyl (C=O) groups excluding carboxylic acids is 1. The van der Waals surface area contributed by atoms with Crippen molar-refractivity contribution in [3.8, 4) is 5.75 Å². The summed E-state index contributed by atoms with van der Waals surface area (Å²) in [4.78, 5) is 12.1. The van der Waals surface area contributed by atoms with E-state index in [9.17, 15) is 22.0 Å². The number of nitrogens with one attached hydrogen (secondary N) is 2. The van der Waals surface area contributed by atoms with Crippen LogP contribution in [-0.2, 0) is 10.0 Å². The molecule has 134 valence electrons. The Balaban J connectivity index is 2.24. The van der Waals surface area contributed by atoms with Crippen molar-refractivity contribution >= 4 is 27.3 Å². The fourth-order valence-electron chi connectivity index (χ4n) is 1.98. The van der Waals surface area contributed by atoms with E-state index >= 15 is 0 Å². The number of carbonyl (C=O) groups is 1. The van der Waals surface area contributed by atoms with Crippen LogP contribution in [0.2, 0.25) is 0 Å². The zero-order chi connectivity index (χ0) is 18.6. The zero-order valence-corrected chi connectivity index (χ0v) is 14.3. The lowest BCUT2D eigenvalue weighted by Gasteiger charge is -2.13. The number of sulfonamides is 1. The molecule has 0 unspecified atom stereocenters. The first-order chi connectivity index (χ1) is 11.7. The standard InChI is InChI=1S/C16H16F2N2O4S/c1-3-25(22,23)20-14-5-4-13(9-15(14)24-2)19-16(21)10-6-11(17)8-12(18)7-10/h4-9,20H,3H2,1-2H3,(H,19,21). The number of anilines is 2. The number of methoxy groups -OCH3 is 1. The van der Waals surface area contributed by atoms with Crippen LogP contribution in [0, 0.1) is 11.6 Å². The second-order valence-electron chi connectivity index (χ2n) is 5.03. The van der Waals surface area contributed by atoms with E-state index in [1.165, 1.54) is 32.2 Å². The first-order valence-corrected chi connectivity index (χ1v) is 8.85. The highest BCUT2D eigenvalue weighted by atomic mass is 32.2. The van der Waals surface area contributed by atoms with Gasteiger partial charge in [0.1, 0.15) is 17.4 Å². The molecule has 0 atom stereocenters. The van der Waals surface area contributed by atoms with Crippen molar-refractivity contribution < 1.29 is 26.7 Å². The van der Waals surface area contributed by atoms with Crippen LogP contribution in [0.3, 0.4) is 0 Å². The van der Waals surface area contributed by atoms with Crippen LogP contribution in [0.5, 0.6) is 5.75 Å². The van der Waals surface area contributed by atoms with E-state index in [2.05, 4.69) is 10.0 Å². The normalized spacial score (nSPS) is 11.0. The fourth-order valence-corrected chi connectivity index (χ4v) is 2.63. The molecule has 0 aliphatic heterocycles. The lowest BCUT2D eigenvalue weighted by atomic mass is 10.2. The Hall–Kier alpha value is -2.68. The Morgan fingerprint density at radius 1 is 1.12 bits per heavy atom. The minimum Gasteiger partial charge on any atom is -0.494 e. The Morgan fingerprint density at radius 2 is 1.76 bits per heavy atom. The van der Waals surface area contributed by atoms with Crippen LogP contribution in [0.25, 0.3) is 0 Å². The number of rotatable bonds is 6. The molecule has 0 aromatic heterocycles. The predicted octanol–water partition coefficient (Wildman–Crippen LogP) is 2.99. The van der Waals surface area contributed by atoms with E-state index in [1.807, 2.05) is 0 Å². The second-order valence-corrected chi connectivity index (χ2v) is 7.04. The van der Waals surface area contributed by atoms with E-state index in [1.54, 1.807) is 0 Å². The summed E-state index contributed by atoms with van der Waals surface area (Å²) in [6.07, 6.45) is 0. The molecule has 6 nitrogen and oxygen atoms in total. The molecule has 0 saturated carbocycles. The molecule has 0 spiro atoms. The molecule has 2 aromatic carbocycles. The number of benzene rings is 2. The van der Waals surface area contributed by atoms with Crippen molar-refractivity contribution in [3.05, 3.63) is 53.6 Å². The zero-order valence-electron chi connectivity index (χ0n) is 13.5. The summed E-state index contributed by atoms with van der Waals surface area (Å²) in [5.74, 6) is -2.39. The van der Waals surface area contributed by atoms with E-state index in [-0.39, 0.29) is 28.4 Å². The topological polar surface area (TPSA) is 84.5 Å². The second kappa shape index (κ2) is 7.47. The summed E-state index contributed by atoms with van der Waals surface area (Å²) in [6, 6.07) is 6.70. The molecule has 0 aliphatic rings. The van der Waals surface area contributed by atoms with Gasteiger partial charge in [0.05, 0.1) is 18.6 Å². The van der Waals surface area contributed by atoms with Gasteiger partial charge in [-0.1, -0.05) is 0 Å². The molecule has 0 radical (unpaired) electrons. The fraction of sp³-hybridized carbons (Fsp3) is 0.188.